The molecule has 2 heteroatoms. The van der Waals surface area contributed by atoms with Crippen molar-refractivity contribution in [3.8, 4) is 0 Å². The molecule has 0 fully saturated rings. The Labute approximate surface area is 44.0 Å². The second-order valence-corrected chi connectivity index (χ2v) is 1.60. The molecule has 0 aromatic rings. The summed E-state index contributed by atoms with van der Waals surface area (Å²) in [7, 11) is 3.77. The molecule has 1 N–H and O–H groups in total. The molecule has 0 rings (SSSR count). The highest BCUT2D eigenvalue weighted by atomic mass is 15.1. The van der Waals surface area contributed by atoms with Gasteiger partial charge in [0.25, 0.3) is 0 Å². The summed E-state index contributed by atoms with van der Waals surface area (Å²) in [6, 6.07) is 0. The van der Waals surface area contributed by atoms with Crippen molar-refractivity contribution in [3.05, 3.63) is 5.70 Å². The minimum Gasteiger partial charge on any atom is -0.374 e. The van der Waals surface area contributed by atoms with Gasteiger partial charge >= 0.3 is 0 Å². The summed E-state index contributed by atoms with van der Waals surface area (Å²) in [6.07, 6.45) is 0. The van der Waals surface area contributed by atoms with Gasteiger partial charge in [-0.3, -0.25) is 5.41 Å². The Morgan fingerprint density at radius 2 is 2.00 bits per heavy atom. The Morgan fingerprint density at radius 3 is 2.00 bits per heavy atom. The molecule has 0 saturated carbocycles. The molecule has 0 amide bonds. The van der Waals surface area contributed by atoms with Crippen LogP contribution in [0.4, 0.5) is 0 Å². The van der Waals surface area contributed by atoms with E-state index in [1.54, 1.807) is 0 Å². The fourth-order valence-corrected chi connectivity index (χ4v) is 0.112. The molecule has 0 unspecified atom stereocenters. The molecule has 0 spiro atoms. The van der Waals surface area contributed by atoms with Crippen LogP contribution in [-0.4, -0.2) is 24.9 Å². The van der Waals surface area contributed by atoms with E-state index >= 15 is 0 Å². The maximum absolute atomic E-state index is 6.61. The van der Waals surface area contributed by atoms with Gasteiger partial charge in [0.2, 0.25) is 0 Å². The standard InChI is InChI=1S/C5H10N2/c1-5(4-6)7(2)3/h6H,1-3H3. The summed E-state index contributed by atoms with van der Waals surface area (Å²) < 4.78 is 0. The highest BCUT2D eigenvalue weighted by Gasteiger charge is 1.83. The average Bonchev–Trinajstić information content (AvgIpc) is 1.65. The van der Waals surface area contributed by atoms with Gasteiger partial charge in [0, 0.05) is 14.1 Å². The van der Waals surface area contributed by atoms with Crippen molar-refractivity contribution < 1.29 is 0 Å². The third kappa shape index (κ3) is 2.01. The van der Waals surface area contributed by atoms with Gasteiger partial charge in [0.15, 0.2) is 0 Å². The van der Waals surface area contributed by atoms with Gasteiger partial charge in [0.1, 0.15) is 0 Å². The quantitative estimate of drug-likeness (QED) is 0.480. The van der Waals surface area contributed by atoms with Crippen molar-refractivity contribution in [2.45, 2.75) is 6.92 Å². The normalized spacial score (nSPS) is 7.29. The molecular weight excluding hydrogens is 88.1 g/mol. The summed E-state index contributed by atoms with van der Waals surface area (Å²) in [5.41, 5.74) is 0.847. The molecule has 0 radical (unpaired) electrons. The van der Waals surface area contributed by atoms with Crippen molar-refractivity contribution >= 4 is 5.87 Å². The number of allylic oxidation sites excluding steroid dienone is 1. The average molecular weight is 98.1 g/mol. The van der Waals surface area contributed by atoms with E-state index < -0.39 is 0 Å². The maximum Gasteiger partial charge on any atom is 0.0717 e. The molecule has 0 saturated heterocycles. The van der Waals surface area contributed by atoms with E-state index in [0.717, 1.165) is 5.70 Å². The van der Waals surface area contributed by atoms with Gasteiger partial charge < -0.3 is 4.90 Å². The van der Waals surface area contributed by atoms with Crippen molar-refractivity contribution in [1.82, 2.24) is 4.90 Å². The molecule has 0 aliphatic rings. The van der Waals surface area contributed by atoms with Crippen molar-refractivity contribution in [2.24, 2.45) is 0 Å². The third-order valence-corrected chi connectivity index (χ3v) is 0.852. The number of rotatable bonds is 1. The van der Waals surface area contributed by atoms with E-state index in [2.05, 4.69) is 5.87 Å². The zero-order chi connectivity index (χ0) is 5.86. The van der Waals surface area contributed by atoms with Gasteiger partial charge in [-0.1, -0.05) is 0 Å². The van der Waals surface area contributed by atoms with Crippen molar-refractivity contribution in [3.63, 3.8) is 0 Å². The highest BCUT2D eigenvalue weighted by Crippen LogP contribution is 1.85. The molecule has 40 valence electrons. The monoisotopic (exact) mass is 98.1 g/mol. The zero-order valence-electron chi connectivity index (χ0n) is 4.95. The summed E-state index contributed by atoms with van der Waals surface area (Å²) in [5.74, 6) is 2.26. The van der Waals surface area contributed by atoms with E-state index in [0.29, 0.717) is 0 Å². The second kappa shape index (κ2) is 2.43. The predicted octanol–water partition coefficient (Wildman–Crippen LogP) is 0.700. The maximum atomic E-state index is 6.61. The van der Waals surface area contributed by atoms with Gasteiger partial charge in [-0.2, -0.15) is 0 Å². The van der Waals surface area contributed by atoms with E-state index in [4.69, 9.17) is 5.41 Å². The lowest BCUT2D eigenvalue weighted by molar-refractivity contribution is 0.521. The molecule has 0 aliphatic heterocycles. The molecular formula is C5H10N2. The fourth-order valence-electron chi connectivity index (χ4n) is 0.112. The zero-order valence-corrected chi connectivity index (χ0v) is 4.95. The predicted molar refractivity (Wildman–Crippen MR) is 30.6 cm³/mol. The first kappa shape index (κ1) is 6.25. The lowest BCUT2D eigenvalue weighted by Crippen LogP contribution is -2.07. The smallest absolute Gasteiger partial charge is 0.0717 e. The SMILES string of the molecule is CC(=C=N)N(C)C. The number of nitrogens with one attached hydrogen (secondary N) is 1. The topological polar surface area (TPSA) is 27.1 Å². The van der Waals surface area contributed by atoms with Crippen LogP contribution in [0.5, 0.6) is 0 Å². The van der Waals surface area contributed by atoms with Crippen LogP contribution in [0.3, 0.4) is 0 Å². The van der Waals surface area contributed by atoms with Gasteiger partial charge in [-0.05, 0) is 12.8 Å². The van der Waals surface area contributed by atoms with Crippen LogP contribution in [-0.2, 0) is 0 Å². The Hall–Kier alpha value is -0.750. The number of hydrogen-bond acceptors (Lipinski definition) is 2. The summed E-state index contributed by atoms with van der Waals surface area (Å²) in [6.45, 7) is 1.84. The van der Waals surface area contributed by atoms with Gasteiger partial charge in [-0.15, -0.1) is 0 Å². The summed E-state index contributed by atoms with van der Waals surface area (Å²) in [4.78, 5) is 1.84. The third-order valence-electron chi connectivity index (χ3n) is 0.852. The first-order chi connectivity index (χ1) is 3.18. The van der Waals surface area contributed by atoms with Crippen LogP contribution < -0.4 is 0 Å². The molecule has 0 aromatic heterocycles. The van der Waals surface area contributed by atoms with Gasteiger partial charge in [0.05, 0.1) is 5.70 Å². The minimum absolute atomic E-state index is 0.847. The molecule has 0 aliphatic carbocycles. The van der Waals surface area contributed by atoms with E-state index in [-0.39, 0.29) is 0 Å². The van der Waals surface area contributed by atoms with Crippen LogP contribution in [0.25, 0.3) is 0 Å². The molecule has 2 nitrogen and oxygen atoms in total. The largest absolute Gasteiger partial charge is 0.374 e. The highest BCUT2D eigenvalue weighted by molar-refractivity contribution is 5.52. The minimum atomic E-state index is 0.847. The molecule has 0 aromatic carbocycles. The summed E-state index contributed by atoms with van der Waals surface area (Å²) in [5, 5.41) is 6.61. The molecule has 7 heavy (non-hydrogen) atoms. The number of hydrogen-bond donors (Lipinski definition) is 1. The van der Waals surface area contributed by atoms with Crippen molar-refractivity contribution in [2.75, 3.05) is 14.1 Å². The van der Waals surface area contributed by atoms with Crippen molar-refractivity contribution in [1.29, 1.82) is 5.41 Å². The lowest BCUT2D eigenvalue weighted by Gasteiger charge is -2.07. The van der Waals surface area contributed by atoms with Crippen LogP contribution >= 0.6 is 0 Å². The lowest BCUT2D eigenvalue weighted by atomic mass is 10.5. The second-order valence-electron chi connectivity index (χ2n) is 1.60. The fraction of sp³-hybridized carbons (Fsp3) is 0.600. The van der Waals surface area contributed by atoms with Crippen LogP contribution in [0.15, 0.2) is 5.70 Å². The van der Waals surface area contributed by atoms with Crippen LogP contribution in [0.2, 0.25) is 0 Å². The van der Waals surface area contributed by atoms with E-state index in [9.17, 15) is 0 Å². The Bertz CT molecular complexity index is 98.6. The Morgan fingerprint density at radius 1 is 1.57 bits per heavy atom. The van der Waals surface area contributed by atoms with Crippen LogP contribution in [0, 0.1) is 5.41 Å². The first-order valence-electron chi connectivity index (χ1n) is 2.12. The first-order valence-corrected chi connectivity index (χ1v) is 2.12. The molecule has 0 atom stereocenters. The molecule has 0 bridgehead atoms. The van der Waals surface area contributed by atoms with Gasteiger partial charge in [-0.25, -0.2) is 0 Å². The van der Waals surface area contributed by atoms with E-state index in [1.165, 1.54) is 0 Å². The number of nitrogens with zero attached hydrogens (tertiary/aromatic N) is 1. The Balaban J connectivity index is 3.81. The summed E-state index contributed by atoms with van der Waals surface area (Å²) >= 11 is 0. The Kier molecular flexibility index (Phi) is 2.17. The van der Waals surface area contributed by atoms with Crippen LogP contribution in [0.1, 0.15) is 6.92 Å². The molecule has 0 heterocycles. The van der Waals surface area contributed by atoms with E-state index in [1.807, 2.05) is 25.9 Å².